The number of rotatable bonds is 2. The maximum absolute atomic E-state index is 12.9. The Morgan fingerprint density at radius 1 is 1.12 bits per heavy atom. The first kappa shape index (κ1) is 15.6. The Balaban J connectivity index is 1.44. The largest absolute Gasteiger partial charge is 0.336 e. The second kappa shape index (κ2) is 6.51. The molecule has 4 rings (SSSR count). The predicted molar refractivity (Wildman–Crippen MR) is 92.1 cm³/mol. The van der Waals surface area contributed by atoms with Crippen molar-refractivity contribution in [2.24, 2.45) is 0 Å². The van der Waals surface area contributed by atoms with E-state index < -0.39 is 0 Å². The molecule has 1 aliphatic heterocycles. The minimum Gasteiger partial charge on any atom is -0.336 e. The van der Waals surface area contributed by atoms with Crippen molar-refractivity contribution in [3.63, 3.8) is 0 Å². The third-order valence-electron chi connectivity index (χ3n) is 5.50. The number of hydrogen-bond donors (Lipinski definition) is 0. The lowest BCUT2D eigenvalue weighted by Gasteiger charge is -2.40. The molecule has 24 heavy (non-hydrogen) atoms. The van der Waals surface area contributed by atoms with Crippen LogP contribution in [0, 0.1) is 6.92 Å². The number of carbonyl (C=O) groups excluding carboxylic acids is 1. The average molecular weight is 327 g/mol. The molecule has 1 saturated heterocycles. The molecule has 6 heteroatoms. The normalized spacial score (nSPS) is 20.6. The Morgan fingerprint density at radius 2 is 1.88 bits per heavy atom. The fourth-order valence-corrected chi connectivity index (χ4v) is 4.06. The predicted octanol–water partition coefficient (Wildman–Crippen LogP) is 2.13. The minimum atomic E-state index is 0.0840. The Morgan fingerprint density at radius 3 is 2.62 bits per heavy atom. The van der Waals surface area contributed by atoms with Gasteiger partial charge in [-0.05, 0) is 19.8 Å². The van der Waals surface area contributed by atoms with Crippen molar-refractivity contribution in [3.8, 4) is 0 Å². The Kier molecular flexibility index (Phi) is 4.22. The second-order valence-corrected chi connectivity index (χ2v) is 6.99. The first-order chi connectivity index (χ1) is 11.7. The highest BCUT2D eigenvalue weighted by molar-refractivity contribution is 5.95. The van der Waals surface area contributed by atoms with Gasteiger partial charge in [0.15, 0.2) is 5.65 Å². The number of aryl methyl sites for hydroxylation is 1. The van der Waals surface area contributed by atoms with Gasteiger partial charge in [0, 0.05) is 44.5 Å². The summed E-state index contributed by atoms with van der Waals surface area (Å²) in [6.07, 6.45) is 10.3. The lowest BCUT2D eigenvalue weighted by Crippen LogP contribution is -2.52. The van der Waals surface area contributed by atoms with E-state index in [0.29, 0.717) is 5.56 Å². The van der Waals surface area contributed by atoms with Crippen molar-refractivity contribution in [2.75, 3.05) is 26.2 Å². The zero-order chi connectivity index (χ0) is 16.5. The van der Waals surface area contributed by atoms with Gasteiger partial charge in [0.2, 0.25) is 0 Å². The summed E-state index contributed by atoms with van der Waals surface area (Å²) in [6, 6.07) is 2.59. The van der Waals surface area contributed by atoms with E-state index in [0.717, 1.165) is 43.6 Å². The van der Waals surface area contributed by atoms with Gasteiger partial charge in [0.05, 0.1) is 17.5 Å². The van der Waals surface area contributed by atoms with Crippen molar-refractivity contribution in [1.29, 1.82) is 0 Å². The van der Waals surface area contributed by atoms with Gasteiger partial charge in [-0.15, -0.1) is 0 Å². The molecule has 1 aliphatic carbocycles. The van der Waals surface area contributed by atoms with Crippen LogP contribution in [0.5, 0.6) is 0 Å². The number of piperazine rings is 1. The van der Waals surface area contributed by atoms with Crippen LogP contribution in [0.15, 0.2) is 18.5 Å². The van der Waals surface area contributed by atoms with E-state index in [9.17, 15) is 4.79 Å². The summed E-state index contributed by atoms with van der Waals surface area (Å²) in [4.78, 5) is 21.9. The van der Waals surface area contributed by atoms with Crippen LogP contribution in [0.2, 0.25) is 0 Å². The molecule has 2 aromatic rings. The highest BCUT2D eigenvalue weighted by Crippen LogP contribution is 2.24. The van der Waals surface area contributed by atoms with Gasteiger partial charge in [-0.25, -0.2) is 9.50 Å². The molecule has 0 bridgehead atoms. The van der Waals surface area contributed by atoms with Crippen LogP contribution in [0.3, 0.4) is 0 Å². The van der Waals surface area contributed by atoms with Crippen molar-refractivity contribution in [1.82, 2.24) is 24.4 Å². The topological polar surface area (TPSA) is 53.7 Å². The quantitative estimate of drug-likeness (QED) is 0.848. The molecule has 2 aliphatic rings. The van der Waals surface area contributed by atoms with Crippen LogP contribution in [0.4, 0.5) is 0 Å². The molecule has 0 spiro atoms. The lowest BCUT2D eigenvalue weighted by molar-refractivity contribution is 0.0521. The van der Waals surface area contributed by atoms with Gasteiger partial charge < -0.3 is 4.90 Å². The zero-order valence-corrected chi connectivity index (χ0v) is 14.3. The standard InChI is InChI=1S/C18H25N5O/c1-14-16(13-23-17(20-14)7-8-19-23)18(24)22-11-9-21(10-12-22)15-5-3-2-4-6-15/h7-8,13,15H,2-6,9-12H2,1H3. The number of hydrogen-bond acceptors (Lipinski definition) is 4. The highest BCUT2D eigenvalue weighted by Gasteiger charge is 2.28. The van der Waals surface area contributed by atoms with Crippen LogP contribution in [-0.2, 0) is 0 Å². The highest BCUT2D eigenvalue weighted by atomic mass is 16.2. The maximum atomic E-state index is 12.9. The van der Waals surface area contributed by atoms with Gasteiger partial charge >= 0.3 is 0 Å². The maximum Gasteiger partial charge on any atom is 0.257 e. The van der Waals surface area contributed by atoms with Crippen molar-refractivity contribution in [2.45, 2.75) is 45.1 Å². The molecule has 0 aromatic carbocycles. The molecule has 0 unspecified atom stereocenters. The van der Waals surface area contributed by atoms with E-state index in [4.69, 9.17) is 0 Å². The van der Waals surface area contributed by atoms with Gasteiger partial charge in [-0.3, -0.25) is 9.69 Å². The summed E-state index contributed by atoms with van der Waals surface area (Å²) >= 11 is 0. The SMILES string of the molecule is Cc1nc2ccnn2cc1C(=O)N1CCN(C2CCCCC2)CC1. The number of fused-ring (bicyclic) bond motifs is 1. The molecule has 128 valence electrons. The van der Waals surface area contributed by atoms with E-state index in [1.165, 1.54) is 32.1 Å². The van der Waals surface area contributed by atoms with Crippen molar-refractivity contribution >= 4 is 11.6 Å². The Bertz CT molecular complexity index is 726. The molecule has 2 aromatic heterocycles. The third-order valence-corrected chi connectivity index (χ3v) is 5.50. The number of nitrogens with zero attached hydrogens (tertiary/aromatic N) is 5. The summed E-state index contributed by atoms with van der Waals surface area (Å²) in [5.74, 6) is 0.0840. The summed E-state index contributed by atoms with van der Waals surface area (Å²) < 4.78 is 1.68. The van der Waals surface area contributed by atoms with Gasteiger partial charge in [0.25, 0.3) is 5.91 Å². The molecule has 3 heterocycles. The van der Waals surface area contributed by atoms with Crippen molar-refractivity contribution in [3.05, 3.63) is 29.7 Å². The van der Waals surface area contributed by atoms with Crippen molar-refractivity contribution < 1.29 is 4.79 Å². The van der Waals surface area contributed by atoms with Crippen LogP contribution in [0.25, 0.3) is 5.65 Å². The van der Waals surface area contributed by atoms with Crippen LogP contribution in [-0.4, -0.2) is 62.5 Å². The van der Waals surface area contributed by atoms with Crippen LogP contribution >= 0.6 is 0 Å². The van der Waals surface area contributed by atoms with Crippen LogP contribution in [0.1, 0.15) is 48.2 Å². The van der Waals surface area contributed by atoms with Gasteiger partial charge in [-0.2, -0.15) is 5.10 Å². The van der Waals surface area contributed by atoms with Gasteiger partial charge in [-0.1, -0.05) is 19.3 Å². The second-order valence-electron chi connectivity index (χ2n) is 6.99. The first-order valence-corrected chi connectivity index (χ1v) is 9.07. The molecule has 0 atom stereocenters. The molecule has 0 radical (unpaired) electrons. The monoisotopic (exact) mass is 327 g/mol. The number of amides is 1. The molecule has 1 amide bonds. The fourth-order valence-electron chi connectivity index (χ4n) is 4.06. The van der Waals surface area contributed by atoms with E-state index in [-0.39, 0.29) is 5.91 Å². The van der Waals surface area contributed by atoms with Crippen LogP contribution < -0.4 is 0 Å². The summed E-state index contributed by atoms with van der Waals surface area (Å²) in [5.41, 5.74) is 2.23. The Hall–Kier alpha value is -1.95. The van der Waals surface area contributed by atoms with E-state index in [1.807, 2.05) is 24.1 Å². The molecule has 2 fully saturated rings. The Labute approximate surface area is 142 Å². The molecule has 1 saturated carbocycles. The zero-order valence-electron chi connectivity index (χ0n) is 14.3. The van der Waals surface area contributed by atoms with E-state index in [2.05, 4.69) is 15.0 Å². The van der Waals surface area contributed by atoms with Gasteiger partial charge in [0.1, 0.15) is 0 Å². The molecular formula is C18H25N5O. The summed E-state index contributed by atoms with van der Waals surface area (Å²) in [7, 11) is 0. The lowest BCUT2D eigenvalue weighted by atomic mass is 9.94. The summed E-state index contributed by atoms with van der Waals surface area (Å²) in [5, 5.41) is 4.20. The number of carbonyl (C=O) groups is 1. The first-order valence-electron chi connectivity index (χ1n) is 9.07. The third kappa shape index (κ3) is 2.90. The minimum absolute atomic E-state index is 0.0840. The smallest absolute Gasteiger partial charge is 0.257 e. The molecular weight excluding hydrogens is 302 g/mol. The van der Waals surface area contributed by atoms with E-state index in [1.54, 1.807) is 10.7 Å². The number of aromatic nitrogens is 3. The fraction of sp³-hybridized carbons (Fsp3) is 0.611. The van der Waals surface area contributed by atoms with E-state index >= 15 is 0 Å². The molecule has 6 nitrogen and oxygen atoms in total. The summed E-state index contributed by atoms with van der Waals surface area (Å²) in [6.45, 7) is 5.51. The average Bonchev–Trinajstić information content (AvgIpc) is 3.08. The molecule has 0 N–H and O–H groups in total.